The zero-order chi connectivity index (χ0) is 17.9. The van der Waals surface area contributed by atoms with Crippen molar-refractivity contribution in [2.24, 2.45) is 5.92 Å². The third-order valence-electron chi connectivity index (χ3n) is 4.63. The molecule has 0 unspecified atom stereocenters. The Labute approximate surface area is 144 Å². The van der Waals surface area contributed by atoms with E-state index in [0.29, 0.717) is 30.9 Å². The van der Waals surface area contributed by atoms with E-state index in [-0.39, 0.29) is 12.5 Å². The van der Waals surface area contributed by atoms with Crippen LogP contribution in [0.5, 0.6) is 0 Å². The number of amides is 1. The summed E-state index contributed by atoms with van der Waals surface area (Å²) in [5, 5.41) is 2.83. The van der Waals surface area contributed by atoms with Crippen molar-refractivity contribution in [3.8, 4) is 0 Å². The fraction of sp³-hybridized carbons (Fsp3) is 0.688. The quantitative estimate of drug-likeness (QED) is 0.896. The Morgan fingerprint density at radius 1 is 1.24 bits per heavy atom. The van der Waals surface area contributed by atoms with Gasteiger partial charge >= 0.3 is 6.18 Å². The Kier molecular flexibility index (Phi) is 5.41. The lowest BCUT2D eigenvalue weighted by Crippen LogP contribution is -2.44. The summed E-state index contributed by atoms with van der Waals surface area (Å²) in [5.74, 6) is -0.0336. The monoisotopic (exact) mass is 357 g/mol. The topological polar surface area (TPSA) is 61.4 Å². The highest BCUT2D eigenvalue weighted by atomic mass is 19.4. The molecule has 3 heterocycles. The van der Waals surface area contributed by atoms with E-state index in [2.05, 4.69) is 20.2 Å². The van der Waals surface area contributed by atoms with Crippen LogP contribution < -0.4 is 10.2 Å². The van der Waals surface area contributed by atoms with Crippen LogP contribution in [-0.2, 0) is 4.79 Å². The molecule has 0 spiro atoms. The van der Waals surface area contributed by atoms with Gasteiger partial charge in [-0.15, -0.1) is 0 Å². The number of anilines is 2. The summed E-state index contributed by atoms with van der Waals surface area (Å²) in [6.45, 7) is 1.28. The number of rotatable bonds is 4. The number of piperidine rings is 1. The molecule has 0 aromatic carbocycles. The number of carbonyl (C=O) groups excluding carboxylic acids is 1. The number of hydrogen-bond donors (Lipinski definition) is 1. The van der Waals surface area contributed by atoms with Gasteiger partial charge in [0, 0.05) is 19.6 Å². The summed E-state index contributed by atoms with van der Waals surface area (Å²) in [6, 6.07) is 0. The lowest BCUT2D eigenvalue weighted by Gasteiger charge is -2.32. The number of carbonyl (C=O) groups is 1. The van der Waals surface area contributed by atoms with Crippen LogP contribution in [0.4, 0.5) is 24.7 Å². The Morgan fingerprint density at radius 2 is 2.00 bits per heavy atom. The molecule has 1 N–H and O–H groups in total. The van der Waals surface area contributed by atoms with E-state index in [0.717, 1.165) is 25.9 Å². The van der Waals surface area contributed by atoms with E-state index < -0.39 is 18.6 Å². The second-order valence-electron chi connectivity index (χ2n) is 6.63. The van der Waals surface area contributed by atoms with Crippen molar-refractivity contribution in [2.75, 3.05) is 42.9 Å². The van der Waals surface area contributed by atoms with Crippen LogP contribution in [0.25, 0.3) is 0 Å². The molecule has 0 bridgehead atoms. The number of aromatic nitrogens is 2. The molecule has 2 aliphatic heterocycles. The minimum absolute atomic E-state index is 0.123. The first kappa shape index (κ1) is 17.9. The standard InChI is InChI=1S/C16H22F3N5O/c17-16(18,19)10-23-5-3-4-12(9-23)15(25)22-13-8-20-11-21-14(13)24-6-1-2-7-24/h8,11-12H,1-7,9-10H2,(H,22,25)/t12-/m0/s1. The first-order chi connectivity index (χ1) is 11.9. The molecule has 1 aromatic rings. The van der Waals surface area contributed by atoms with E-state index in [1.54, 1.807) is 6.20 Å². The molecule has 3 rings (SSSR count). The normalized spacial score (nSPS) is 22.2. The summed E-state index contributed by atoms with van der Waals surface area (Å²) in [6.07, 6.45) is 2.07. The molecule has 0 radical (unpaired) electrons. The van der Waals surface area contributed by atoms with Crippen molar-refractivity contribution in [1.82, 2.24) is 14.9 Å². The Balaban J connectivity index is 1.64. The summed E-state index contributed by atoms with van der Waals surface area (Å²) < 4.78 is 37.7. The van der Waals surface area contributed by atoms with Crippen LogP contribution in [0.15, 0.2) is 12.5 Å². The van der Waals surface area contributed by atoms with E-state index in [4.69, 9.17) is 0 Å². The predicted octanol–water partition coefficient (Wildman–Crippen LogP) is 2.29. The molecule has 1 atom stereocenters. The largest absolute Gasteiger partial charge is 0.401 e. The molecule has 0 aliphatic carbocycles. The lowest BCUT2D eigenvalue weighted by molar-refractivity contribution is -0.151. The number of likely N-dealkylation sites (tertiary alicyclic amines) is 1. The summed E-state index contributed by atoms with van der Waals surface area (Å²) >= 11 is 0. The van der Waals surface area contributed by atoms with Gasteiger partial charge in [-0.25, -0.2) is 9.97 Å². The summed E-state index contributed by atoms with van der Waals surface area (Å²) in [4.78, 5) is 24.2. The molecule has 0 saturated carbocycles. The van der Waals surface area contributed by atoms with Crippen LogP contribution >= 0.6 is 0 Å². The van der Waals surface area contributed by atoms with Gasteiger partial charge < -0.3 is 10.2 Å². The third-order valence-corrected chi connectivity index (χ3v) is 4.63. The zero-order valence-corrected chi connectivity index (χ0v) is 13.9. The summed E-state index contributed by atoms with van der Waals surface area (Å²) in [7, 11) is 0. The minimum atomic E-state index is -4.24. The molecule has 2 aliphatic rings. The SMILES string of the molecule is O=C(Nc1cncnc1N1CCCC1)[C@H]1CCCN(CC(F)(F)F)C1. The molecule has 2 saturated heterocycles. The maximum Gasteiger partial charge on any atom is 0.401 e. The number of alkyl halides is 3. The molecule has 138 valence electrons. The number of hydrogen-bond acceptors (Lipinski definition) is 5. The summed E-state index contributed by atoms with van der Waals surface area (Å²) in [5.41, 5.74) is 0.530. The molecule has 1 amide bonds. The molecule has 9 heteroatoms. The van der Waals surface area contributed by atoms with Crippen LogP contribution in [-0.4, -0.2) is 59.7 Å². The van der Waals surface area contributed by atoms with Crippen molar-refractivity contribution in [2.45, 2.75) is 31.9 Å². The fourth-order valence-electron chi connectivity index (χ4n) is 3.49. The first-order valence-corrected chi connectivity index (χ1v) is 8.57. The highest BCUT2D eigenvalue weighted by Gasteiger charge is 2.35. The third kappa shape index (κ3) is 4.81. The number of nitrogens with zero attached hydrogens (tertiary/aromatic N) is 4. The smallest absolute Gasteiger partial charge is 0.355 e. The molecule has 6 nitrogen and oxygen atoms in total. The van der Waals surface area contributed by atoms with E-state index in [1.165, 1.54) is 11.2 Å². The molecular formula is C16H22F3N5O. The lowest BCUT2D eigenvalue weighted by atomic mass is 9.97. The second-order valence-corrected chi connectivity index (χ2v) is 6.63. The van der Waals surface area contributed by atoms with Crippen molar-refractivity contribution < 1.29 is 18.0 Å². The van der Waals surface area contributed by atoms with Gasteiger partial charge in [0.05, 0.1) is 18.7 Å². The van der Waals surface area contributed by atoms with Gasteiger partial charge in [-0.2, -0.15) is 13.2 Å². The maximum atomic E-state index is 12.6. The van der Waals surface area contributed by atoms with Gasteiger partial charge in [0.25, 0.3) is 0 Å². The Morgan fingerprint density at radius 3 is 2.72 bits per heavy atom. The fourth-order valence-corrected chi connectivity index (χ4v) is 3.49. The number of nitrogens with one attached hydrogen (secondary N) is 1. The first-order valence-electron chi connectivity index (χ1n) is 8.57. The van der Waals surface area contributed by atoms with Crippen molar-refractivity contribution in [3.63, 3.8) is 0 Å². The molecule has 25 heavy (non-hydrogen) atoms. The van der Waals surface area contributed by atoms with Crippen molar-refractivity contribution in [1.29, 1.82) is 0 Å². The van der Waals surface area contributed by atoms with Crippen molar-refractivity contribution in [3.05, 3.63) is 12.5 Å². The van der Waals surface area contributed by atoms with Gasteiger partial charge in [-0.3, -0.25) is 9.69 Å². The van der Waals surface area contributed by atoms with Crippen LogP contribution in [0.3, 0.4) is 0 Å². The maximum absolute atomic E-state index is 12.6. The Bertz CT molecular complexity index is 604. The predicted molar refractivity (Wildman–Crippen MR) is 87.3 cm³/mol. The van der Waals surface area contributed by atoms with E-state index >= 15 is 0 Å². The molecular weight excluding hydrogens is 335 g/mol. The number of halogens is 3. The Hall–Kier alpha value is -1.90. The van der Waals surface area contributed by atoms with Crippen LogP contribution in [0.1, 0.15) is 25.7 Å². The van der Waals surface area contributed by atoms with Crippen LogP contribution in [0.2, 0.25) is 0 Å². The zero-order valence-electron chi connectivity index (χ0n) is 13.9. The van der Waals surface area contributed by atoms with Crippen LogP contribution in [0, 0.1) is 5.92 Å². The van der Waals surface area contributed by atoms with E-state index in [9.17, 15) is 18.0 Å². The van der Waals surface area contributed by atoms with E-state index in [1.807, 2.05) is 0 Å². The van der Waals surface area contributed by atoms with Gasteiger partial charge in [0.15, 0.2) is 5.82 Å². The highest BCUT2D eigenvalue weighted by molar-refractivity contribution is 5.95. The highest BCUT2D eigenvalue weighted by Crippen LogP contribution is 2.27. The minimum Gasteiger partial charge on any atom is -0.355 e. The van der Waals surface area contributed by atoms with Crippen molar-refractivity contribution >= 4 is 17.4 Å². The van der Waals surface area contributed by atoms with Gasteiger partial charge in [0.1, 0.15) is 12.0 Å². The molecule has 1 aromatic heterocycles. The van der Waals surface area contributed by atoms with Gasteiger partial charge in [-0.05, 0) is 32.2 Å². The average molecular weight is 357 g/mol. The molecule has 2 fully saturated rings. The van der Waals surface area contributed by atoms with Gasteiger partial charge in [-0.1, -0.05) is 0 Å². The second kappa shape index (κ2) is 7.55. The average Bonchev–Trinajstić information content (AvgIpc) is 3.08. The van der Waals surface area contributed by atoms with Gasteiger partial charge in [0.2, 0.25) is 5.91 Å².